The maximum Gasteiger partial charge on any atom is 0.258 e. The molecule has 1 aliphatic carbocycles. The minimum Gasteiger partial charge on any atom is -0.381 e. The van der Waals surface area contributed by atoms with Crippen molar-refractivity contribution in [2.45, 2.75) is 38.1 Å². The first-order valence-electron chi connectivity index (χ1n) is 10.6. The van der Waals surface area contributed by atoms with Gasteiger partial charge in [-0.15, -0.1) is 35.0 Å². The average Bonchev–Trinajstić information content (AvgIpc) is 3.45. The van der Waals surface area contributed by atoms with E-state index in [4.69, 9.17) is 4.74 Å². The summed E-state index contributed by atoms with van der Waals surface area (Å²) in [4.78, 5) is 13.0. The molecular weight excluding hydrogens is 467 g/mol. The molecule has 5 rings (SSSR count). The largest absolute Gasteiger partial charge is 0.381 e. The summed E-state index contributed by atoms with van der Waals surface area (Å²) in [6, 6.07) is 12.9. The Morgan fingerprint density at radius 1 is 1.16 bits per heavy atom. The maximum atomic E-state index is 13.0. The topological polar surface area (TPSA) is 76.1 Å². The molecule has 1 amide bonds. The van der Waals surface area contributed by atoms with Crippen LogP contribution < -0.4 is 10.6 Å². The SMILES string of the molecule is Cc1nnc(NC(=O)c2cc([C@@H]3C[C@H]3NCC3CCOCC3)cc3ccccc23)s1.Cl.Cl. The number of nitrogens with zero attached hydrogens (tertiary/aromatic N) is 2. The number of benzene rings is 2. The van der Waals surface area contributed by atoms with Crippen molar-refractivity contribution in [3.63, 3.8) is 0 Å². The minimum absolute atomic E-state index is 0. The van der Waals surface area contributed by atoms with Crippen LogP contribution in [0.3, 0.4) is 0 Å². The monoisotopic (exact) mass is 494 g/mol. The van der Waals surface area contributed by atoms with Crippen LogP contribution in [0.2, 0.25) is 0 Å². The lowest BCUT2D eigenvalue weighted by molar-refractivity contribution is 0.0662. The number of halogens is 2. The average molecular weight is 495 g/mol. The second-order valence-electron chi connectivity index (χ2n) is 8.28. The summed E-state index contributed by atoms with van der Waals surface area (Å²) in [7, 11) is 0. The third-order valence-electron chi connectivity index (χ3n) is 6.10. The number of aromatic nitrogens is 2. The predicted molar refractivity (Wildman–Crippen MR) is 134 cm³/mol. The molecule has 0 bridgehead atoms. The van der Waals surface area contributed by atoms with Gasteiger partial charge in [0, 0.05) is 30.7 Å². The fraction of sp³-hybridized carbons (Fsp3) is 0.435. The van der Waals surface area contributed by atoms with Crippen molar-refractivity contribution in [1.82, 2.24) is 15.5 Å². The minimum atomic E-state index is -0.128. The summed E-state index contributed by atoms with van der Waals surface area (Å²) < 4.78 is 5.46. The summed E-state index contributed by atoms with van der Waals surface area (Å²) in [5, 5.41) is 18.1. The molecule has 2 aromatic carbocycles. The van der Waals surface area contributed by atoms with Gasteiger partial charge in [0.1, 0.15) is 5.01 Å². The Morgan fingerprint density at radius 2 is 1.94 bits per heavy atom. The molecule has 1 aliphatic heterocycles. The third kappa shape index (κ3) is 5.58. The number of hydrogen-bond donors (Lipinski definition) is 2. The number of carbonyl (C=O) groups is 1. The van der Waals surface area contributed by atoms with Gasteiger partial charge in [-0.25, -0.2) is 0 Å². The Morgan fingerprint density at radius 3 is 2.69 bits per heavy atom. The highest BCUT2D eigenvalue weighted by Gasteiger charge is 2.39. The molecule has 0 radical (unpaired) electrons. The van der Waals surface area contributed by atoms with Gasteiger partial charge in [-0.05, 0) is 61.1 Å². The Hall–Kier alpha value is -1.77. The molecule has 2 aliphatic rings. The summed E-state index contributed by atoms with van der Waals surface area (Å²) >= 11 is 1.39. The van der Waals surface area contributed by atoms with E-state index in [1.165, 1.54) is 16.9 Å². The number of nitrogens with one attached hydrogen (secondary N) is 2. The fourth-order valence-corrected chi connectivity index (χ4v) is 4.89. The van der Waals surface area contributed by atoms with Crippen LogP contribution in [-0.2, 0) is 4.74 Å². The first kappa shape index (κ1) is 24.9. The van der Waals surface area contributed by atoms with Crippen LogP contribution in [0.15, 0.2) is 36.4 Å². The van der Waals surface area contributed by atoms with E-state index in [1.54, 1.807) is 0 Å². The highest BCUT2D eigenvalue weighted by atomic mass is 35.5. The molecule has 1 saturated heterocycles. The number of ether oxygens (including phenoxy) is 1. The van der Waals surface area contributed by atoms with Crippen LogP contribution >= 0.6 is 36.2 Å². The second-order valence-corrected chi connectivity index (χ2v) is 9.46. The van der Waals surface area contributed by atoms with Gasteiger partial charge in [0.25, 0.3) is 5.91 Å². The molecule has 9 heteroatoms. The van der Waals surface area contributed by atoms with Crippen molar-refractivity contribution < 1.29 is 9.53 Å². The van der Waals surface area contributed by atoms with Crippen LogP contribution in [0.1, 0.15) is 46.1 Å². The number of rotatable bonds is 6. The first-order valence-corrected chi connectivity index (χ1v) is 11.4. The number of amides is 1. The molecule has 0 spiro atoms. The smallest absolute Gasteiger partial charge is 0.258 e. The van der Waals surface area contributed by atoms with Crippen LogP contribution in [0, 0.1) is 12.8 Å². The number of hydrogen-bond acceptors (Lipinski definition) is 6. The number of fused-ring (bicyclic) bond motifs is 1. The lowest BCUT2D eigenvalue weighted by Gasteiger charge is -2.22. The van der Waals surface area contributed by atoms with E-state index in [0.29, 0.717) is 28.6 Å². The van der Waals surface area contributed by atoms with Crippen molar-refractivity contribution in [1.29, 1.82) is 0 Å². The Bertz CT molecular complexity index is 1070. The summed E-state index contributed by atoms with van der Waals surface area (Å²) in [6.07, 6.45) is 3.42. The number of aryl methyl sites for hydroxylation is 1. The van der Waals surface area contributed by atoms with Crippen LogP contribution in [0.4, 0.5) is 5.13 Å². The molecule has 2 N–H and O–H groups in total. The standard InChI is InChI=1S/C23H26N4O2S.2ClH/c1-14-26-27-23(30-14)25-22(28)20-11-17(10-16-4-2-3-5-18(16)20)19-12-21(19)24-13-15-6-8-29-9-7-15;;/h2-5,10-11,15,19,21,24H,6-9,12-13H2,1H3,(H,25,27,28);2*1H/t19-,21+;;/m0../s1. The van der Waals surface area contributed by atoms with E-state index in [0.717, 1.165) is 54.8 Å². The van der Waals surface area contributed by atoms with Gasteiger partial charge in [0.05, 0.1) is 0 Å². The number of anilines is 1. The molecule has 32 heavy (non-hydrogen) atoms. The third-order valence-corrected chi connectivity index (χ3v) is 6.86. The fourth-order valence-electron chi connectivity index (χ4n) is 4.30. The van der Waals surface area contributed by atoms with Gasteiger partial charge in [-0.3, -0.25) is 10.1 Å². The Labute approximate surface area is 204 Å². The quantitative estimate of drug-likeness (QED) is 0.505. The normalized spacial score (nSPS) is 20.3. The van der Waals surface area contributed by atoms with Crippen molar-refractivity contribution >= 4 is 58.0 Å². The van der Waals surface area contributed by atoms with Gasteiger partial charge < -0.3 is 10.1 Å². The van der Waals surface area contributed by atoms with E-state index in [9.17, 15) is 4.79 Å². The van der Waals surface area contributed by atoms with Crippen LogP contribution in [0.25, 0.3) is 10.8 Å². The Kier molecular flexibility index (Phi) is 8.47. The molecular formula is C23H28Cl2N4O2S. The highest BCUT2D eigenvalue weighted by molar-refractivity contribution is 7.15. The molecule has 2 atom stereocenters. The van der Waals surface area contributed by atoms with Crippen molar-refractivity contribution in [2.24, 2.45) is 5.92 Å². The van der Waals surface area contributed by atoms with Gasteiger partial charge in [0.2, 0.25) is 5.13 Å². The van der Waals surface area contributed by atoms with E-state index in [2.05, 4.69) is 39.0 Å². The van der Waals surface area contributed by atoms with Gasteiger partial charge >= 0.3 is 0 Å². The van der Waals surface area contributed by atoms with Gasteiger partial charge in [-0.1, -0.05) is 41.7 Å². The van der Waals surface area contributed by atoms with E-state index < -0.39 is 0 Å². The summed E-state index contributed by atoms with van der Waals surface area (Å²) in [5.41, 5.74) is 1.93. The van der Waals surface area contributed by atoms with Gasteiger partial charge in [-0.2, -0.15) is 0 Å². The molecule has 1 aromatic heterocycles. The van der Waals surface area contributed by atoms with E-state index in [-0.39, 0.29) is 30.7 Å². The van der Waals surface area contributed by atoms with Crippen molar-refractivity contribution in [2.75, 3.05) is 25.1 Å². The predicted octanol–water partition coefficient (Wildman–Crippen LogP) is 4.97. The van der Waals surface area contributed by atoms with Crippen LogP contribution in [-0.4, -0.2) is 41.9 Å². The van der Waals surface area contributed by atoms with E-state index >= 15 is 0 Å². The van der Waals surface area contributed by atoms with Crippen LogP contribution in [0.5, 0.6) is 0 Å². The van der Waals surface area contributed by atoms with Gasteiger partial charge in [0.15, 0.2) is 0 Å². The van der Waals surface area contributed by atoms with Crippen molar-refractivity contribution in [3.05, 3.63) is 52.5 Å². The molecule has 172 valence electrons. The molecule has 2 fully saturated rings. The maximum absolute atomic E-state index is 13.0. The summed E-state index contributed by atoms with van der Waals surface area (Å²) in [5.74, 6) is 1.05. The second kappa shape index (κ2) is 10.9. The molecule has 1 saturated carbocycles. The zero-order valence-corrected chi connectivity index (χ0v) is 20.3. The lowest BCUT2D eigenvalue weighted by Crippen LogP contribution is -2.29. The van der Waals surface area contributed by atoms with Crippen molar-refractivity contribution in [3.8, 4) is 0 Å². The molecule has 0 unspecified atom stereocenters. The molecule has 2 heterocycles. The lowest BCUT2D eigenvalue weighted by atomic mass is 9.97. The molecule has 6 nitrogen and oxygen atoms in total. The zero-order chi connectivity index (χ0) is 20.5. The summed E-state index contributed by atoms with van der Waals surface area (Å²) in [6.45, 7) is 4.71. The number of carbonyl (C=O) groups excluding carboxylic acids is 1. The first-order chi connectivity index (χ1) is 14.7. The zero-order valence-electron chi connectivity index (χ0n) is 17.9. The molecule has 3 aromatic rings. The highest BCUT2D eigenvalue weighted by Crippen LogP contribution is 2.42. The Balaban J connectivity index is 0.00000144. The van der Waals surface area contributed by atoms with E-state index in [1.807, 2.05) is 25.1 Å².